The summed E-state index contributed by atoms with van der Waals surface area (Å²) in [4.78, 5) is 3.62. The second-order valence-corrected chi connectivity index (χ2v) is 4.47. The van der Waals surface area contributed by atoms with E-state index in [2.05, 4.69) is 19.4 Å². The molecule has 0 aromatic carbocycles. The Balaban J connectivity index is 2.44. The molecule has 0 fully saturated rings. The third-order valence-corrected chi connectivity index (χ3v) is 2.75. The molecule has 0 radical (unpaired) electrons. The van der Waals surface area contributed by atoms with E-state index in [4.69, 9.17) is 0 Å². The number of nitrogens with zero attached hydrogens (tertiary/aromatic N) is 2. The maximum atomic E-state index is 12.1. The molecule has 17 heavy (non-hydrogen) atoms. The number of nitrogens with one attached hydrogen (secondary N) is 1. The fraction of sp³-hybridized carbons (Fsp3) is 0.143. The fourth-order valence-corrected chi connectivity index (χ4v) is 1.48. The molecule has 2 heterocycles. The van der Waals surface area contributed by atoms with Gasteiger partial charge in [-0.15, -0.1) is 5.10 Å². The number of pyridine rings is 1. The van der Waals surface area contributed by atoms with Gasteiger partial charge in [0.15, 0.2) is 0 Å². The first kappa shape index (κ1) is 11.6. The SMILES string of the molecule is O=S(=O)(Oc1n[nH]c2ccncc12)C(F)(F)F. The molecule has 10 heteroatoms. The molecule has 0 saturated heterocycles. The number of fused-ring (bicyclic) bond motifs is 1. The summed E-state index contributed by atoms with van der Waals surface area (Å²) >= 11 is 0. The lowest BCUT2D eigenvalue weighted by atomic mass is 10.3. The lowest BCUT2D eigenvalue weighted by molar-refractivity contribution is -0.0500. The summed E-state index contributed by atoms with van der Waals surface area (Å²) in [5, 5.41) is 5.68. The number of hydrogen-bond donors (Lipinski definition) is 1. The van der Waals surface area contributed by atoms with E-state index in [1.165, 1.54) is 12.3 Å². The van der Waals surface area contributed by atoms with Crippen LogP contribution in [0.1, 0.15) is 0 Å². The minimum absolute atomic E-state index is 0.0420. The first-order valence-corrected chi connectivity index (χ1v) is 5.51. The van der Waals surface area contributed by atoms with Gasteiger partial charge >= 0.3 is 15.6 Å². The lowest BCUT2D eigenvalue weighted by Gasteiger charge is -2.06. The summed E-state index contributed by atoms with van der Waals surface area (Å²) in [7, 11) is -5.72. The molecule has 92 valence electrons. The van der Waals surface area contributed by atoms with Crippen molar-refractivity contribution >= 4 is 21.0 Å². The van der Waals surface area contributed by atoms with Gasteiger partial charge in [-0.1, -0.05) is 0 Å². The Bertz CT molecular complexity index is 649. The van der Waals surface area contributed by atoms with Crippen molar-refractivity contribution in [3.05, 3.63) is 18.5 Å². The van der Waals surface area contributed by atoms with Crippen LogP contribution in [0.15, 0.2) is 18.5 Å². The molecule has 0 spiro atoms. The van der Waals surface area contributed by atoms with Crippen LogP contribution in [-0.4, -0.2) is 29.1 Å². The van der Waals surface area contributed by atoms with Crippen LogP contribution in [0, 0.1) is 0 Å². The van der Waals surface area contributed by atoms with Gasteiger partial charge in [-0.25, -0.2) is 0 Å². The molecule has 0 amide bonds. The number of hydrogen-bond acceptors (Lipinski definition) is 5. The normalized spacial score (nSPS) is 12.9. The fourth-order valence-electron chi connectivity index (χ4n) is 1.05. The third kappa shape index (κ3) is 2.02. The number of rotatable bonds is 2. The summed E-state index contributed by atoms with van der Waals surface area (Å²) in [6.45, 7) is 0. The Morgan fingerprint density at radius 3 is 2.71 bits per heavy atom. The van der Waals surface area contributed by atoms with Crippen LogP contribution in [0.5, 0.6) is 5.88 Å². The average molecular weight is 267 g/mol. The van der Waals surface area contributed by atoms with E-state index in [0.717, 1.165) is 6.20 Å². The second kappa shape index (κ2) is 3.58. The maximum absolute atomic E-state index is 12.1. The third-order valence-electron chi connectivity index (χ3n) is 1.80. The monoisotopic (exact) mass is 267 g/mol. The topological polar surface area (TPSA) is 84.9 Å². The van der Waals surface area contributed by atoms with E-state index in [1.807, 2.05) is 0 Å². The van der Waals surface area contributed by atoms with Crippen molar-refractivity contribution in [2.24, 2.45) is 0 Å². The van der Waals surface area contributed by atoms with Crippen molar-refractivity contribution < 1.29 is 25.8 Å². The summed E-state index contributed by atoms with van der Waals surface area (Å²) in [5.74, 6) is -0.689. The van der Waals surface area contributed by atoms with Gasteiger partial charge in [-0.2, -0.15) is 21.6 Å². The molecule has 6 nitrogen and oxygen atoms in total. The van der Waals surface area contributed by atoms with Crippen LogP contribution in [-0.2, 0) is 10.1 Å². The van der Waals surface area contributed by atoms with Crippen molar-refractivity contribution in [1.29, 1.82) is 0 Å². The van der Waals surface area contributed by atoms with Crippen molar-refractivity contribution in [1.82, 2.24) is 15.2 Å². The van der Waals surface area contributed by atoms with Gasteiger partial charge in [-0.3, -0.25) is 10.1 Å². The van der Waals surface area contributed by atoms with Crippen LogP contribution in [0.25, 0.3) is 10.9 Å². The predicted octanol–water partition coefficient (Wildman–Crippen LogP) is 1.19. The first-order chi connectivity index (χ1) is 7.81. The molecule has 2 aromatic rings. The average Bonchev–Trinajstić information content (AvgIpc) is 2.60. The van der Waals surface area contributed by atoms with Gasteiger partial charge in [0.2, 0.25) is 0 Å². The Morgan fingerprint density at radius 1 is 1.35 bits per heavy atom. The number of H-pyrrole nitrogens is 1. The van der Waals surface area contributed by atoms with E-state index < -0.39 is 21.5 Å². The maximum Gasteiger partial charge on any atom is 0.534 e. The van der Waals surface area contributed by atoms with E-state index in [1.54, 1.807) is 0 Å². The van der Waals surface area contributed by atoms with Crippen LogP contribution >= 0.6 is 0 Å². The molecule has 0 aliphatic heterocycles. The van der Waals surface area contributed by atoms with Crippen LogP contribution in [0.2, 0.25) is 0 Å². The molecule has 0 saturated carbocycles. The zero-order chi connectivity index (χ0) is 12.7. The molecular weight excluding hydrogens is 263 g/mol. The largest absolute Gasteiger partial charge is 0.534 e. The lowest BCUT2D eigenvalue weighted by Crippen LogP contribution is -2.28. The quantitative estimate of drug-likeness (QED) is 0.652. The molecular formula is C7H4F3N3O3S. The molecule has 0 bridgehead atoms. The van der Waals surface area contributed by atoms with Crippen molar-refractivity contribution in [3.63, 3.8) is 0 Å². The second-order valence-electron chi connectivity index (χ2n) is 2.93. The van der Waals surface area contributed by atoms with Crippen molar-refractivity contribution in [3.8, 4) is 5.88 Å². The Hall–Kier alpha value is -1.84. The highest BCUT2D eigenvalue weighted by Crippen LogP contribution is 2.29. The smallest absolute Gasteiger partial charge is 0.353 e. The highest BCUT2D eigenvalue weighted by Gasteiger charge is 2.49. The van der Waals surface area contributed by atoms with E-state index in [9.17, 15) is 21.6 Å². The summed E-state index contributed by atoms with van der Waals surface area (Å²) in [6, 6.07) is 1.41. The molecule has 0 aliphatic carbocycles. The Morgan fingerprint density at radius 2 is 2.06 bits per heavy atom. The van der Waals surface area contributed by atoms with Crippen molar-refractivity contribution in [2.75, 3.05) is 0 Å². The van der Waals surface area contributed by atoms with Gasteiger partial charge < -0.3 is 4.18 Å². The standard InChI is InChI=1S/C7H4F3N3O3S/c8-7(9,10)17(14,15)16-6-4-3-11-2-1-5(4)12-13-6/h1-3H,(H,12,13). The van der Waals surface area contributed by atoms with E-state index >= 15 is 0 Å². The zero-order valence-electron chi connectivity index (χ0n) is 7.89. The van der Waals surface area contributed by atoms with Crippen LogP contribution in [0.4, 0.5) is 13.2 Å². The number of alkyl halides is 3. The van der Waals surface area contributed by atoms with Gasteiger partial charge in [-0.05, 0) is 6.07 Å². The minimum Gasteiger partial charge on any atom is -0.353 e. The number of aromatic nitrogens is 3. The van der Waals surface area contributed by atoms with Crippen molar-refractivity contribution in [2.45, 2.75) is 5.51 Å². The highest BCUT2D eigenvalue weighted by atomic mass is 32.2. The summed E-state index contributed by atoms with van der Waals surface area (Å²) in [5.41, 5.74) is -5.19. The van der Waals surface area contributed by atoms with Gasteiger partial charge in [0.1, 0.15) is 0 Å². The Kier molecular flexibility index (Phi) is 2.45. The molecule has 2 aromatic heterocycles. The van der Waals surface area contributed by atoms with E-state index in [-0.39, 0.29) is 5.39 Å². The molecule has 2 rings (SSSR count). The molecule has 1 N–H and O–H groups in total. The zero-order valence-corrected chi connectivity index (χ0v) is 8.71. The van der Waals surface area contributed by atoms with Crippen LogP contribution < -0.4 is 4.18 Å². The molecule has 0 aliphatic rings. The predicted molar refractivity (Wildman–Crippen MR) is 49.5 cm³/mol. The summed E-state index contributed by atoms with van der Waals surface area (Å²) < 4.78 is 61.5. The van der Waals surface area contributed by atoms with Crippen LogP contribution in [0.3, 0.4) is 0 Å². The minimum atomic E-state index is -5.72. The molecule has 0 atom stereocenters. The van der Waals surface area contributed by atoms with Gasteiger partial charge in [0.25, 0.3) is 5.88 Å². The Labute approximate surface area is 92.5 Å². The van der Waals surface area contributed by atoms with E-state index in [0.29, 0.717) is 5.52 Å². The van der Waals surface area contributed by atoms with Gasteiger partial charge in [0.05, 0.1) is 10.9 Å². The highest BCUT2D eigenvalue weighted by molar-refractivity contribution is 7.88. The molecule has 0 unspecified atom stereocenters. The first-order valence-electron chi connectivity index (χ1n) is 4.10. The summed E-state index contributed by atoms with van der Waals surface area (Å²) in [6.07, 6.45) is 2.50. The number of aromatic amines is 1. The number of halogens is 3. The van der Waals surface area contributed by atoms with Gasteiger partial charge in [0, 0.05) is 12.4 Å².